The molecule has 0 saturated carbocycles. The monoisotopic (exact) mass is 377 g/mol. The Morgan fingerprint density at radius 2 is 2.14 bits per heavy atom. The Kier molecular flexibility index (Phi) is 3.90. The van der Waals surface area contributed by atoms with Crippen LogP contribution in [0.4, 0.5) is 11.6 Å². The zero-order valence-electron chi connectivity index (χ0n) is 15.3. The Balaban J connectivity index is 1.72. The summed E-state index contributed by atoms with van der Waals surface area (Å²) in [7, 11) is 1.84. The lowest BCUT2D eigenvalue weighted by Gasteiger charge is -2.18. The minimum Gasteiger partial charge on any atom is -0.421 e. The molecule has 4 aromatic rings. The number of H-pyrrole nitrogens is 1. The molecule has 0 unspecified atom stereocenters. The van der Waals surface area contributed by atoms with Crippen molar-refractivity contribution in [2.45, 2.75) is 12.5 Å². The first-order valence-electron chi connectivity index (χ1n) is 9.02. The molecule has 0 radical (unpaired) electrons. The summed E-state index contributed by atoms with van der Waals surface area (Å²) in [5, 5.41) is 5.04. The first-order valence-corrected chi connectivity index (χ1v) is 9.02. The highest BCUT2D eigenvalue weighted by molar-refractivity contribution is 6.14. The van der Waals surface area contributed by atoms with E-state index in [9.17, 15) is 0 Å². The fourth-order valence-corrected chi connectivity index (χ4v) is 3.57. The molecule has 0 aliphatic carbocycles. The summed E-state index contributed by atoms with van der Waals surface area (Å²) in [5.41, 5.74) is 7.69. The predicted molar refractivity (Wildman–Crippen MR) is 106 cm³/mol. The first-order chi connectivity index (χ1) is 13.7. The molecule has 4 aromatic heterocycles. The summed E-state index contributed by atoms with van der Waals surface area (Å²) in [6.07, 6.45) is 7.27. The summed E-state index contributed by atoms with van der Waals surface area (Å²) in [5.74, 6) is 2.02. The maximum atomic E-state index is 6.14. The number of rotatable bonds is 4. The summed E-state index contributed by atoms with van der Waals surface area (Å²) in [6.45, 7) is 1.56. The Morgan fingerprint density at radius 3 is 2.89 bits per heavy atom. The van der Waals surface area contributed by atoms with Crippen LogP contribution in [-0.4, -0.2) is 56.1 Å². The van der Waals surface area contributed by atoms with Crippen LogP contribution < -0.4 is 20.7 Å². The predicted octanol–water partition coefficient (Wildman–Crippen LogP) is 1.67. The largest absolute Gasteiger partial charge is 0.421 e. The van der Waals surface area contributed by atoms with Crippen molar-refractivity contribution in [3.05, 3.63) is 31.0 Å². The van der Waals surface area contributed by atoms with Crippen molar-refractivity contribution in [1.29, 1.82) is 0 Å². The highest BCUT2D eigenvalue weighted by atomic mass is 16.5. The van der Waals surface area contributed by atoms with Crippen LogP contribution in [0.3, 0.4) is 0 Å². The third-order valence-electron chi connectivity index (χ3n) is 4.84. The van der Waals surface area contributed by atoms with Crippen LogP contribution in [0.1, 0.15) is 6.42 Å². The van der Waals surface area contributed by atoms with E-state index in [1.54, 1.807) is 18.6 Å². The molecule has 0 amide bonds. The van der Waals surface area contributed by atoms with E-state index in [2.05, 4.69) is 35.1 Å². The zero-order chi connectivity index (χ0) is 19.1. The van der Waals surface area contributed by atoms with Crippen LogP contribution in [0.5, 0.6) is 11.8 Å². The molecular weight excluding hydrogens is 358 g/mol. The summed E-state index contributed by atoms with van der Waals surface area (Å²) < 4.78 is 5.81. The molecule has 10 heteroatoms. The van der Waals surface area contributed by atoms with Crippen molar-refractivity contribution in [3.63, 3.8) is 0 Å². The van der Waals surface area contributed by atoms with Gasteiger partial charge in [0.25, 0.3) is 0 Å². The molecule has 1 aliphatic rings. The van der Waals surface area contributed by atoms with E-state index in [4.69, 9.17) is 15.5 Å². The van der Waals surface area contributed by atoms with Crippen molar-refractivity contribution in [1.82, 2.24) is 29.9 Å². The van der Waals surface area contributed by atoms with Gasteiger partial charge in [0.1, 0.15) is 23.6 Å². The maximum absolute atomic E-state index is 6.14. The van der Waals surface area contributed by atoms with Gasteiger partial charge >= 0.3 is 6.01 Å². The topological polar surface area (TPSA) is 131 Å². The van der Waals surface area contributed by atoms with Gasteiger partial charge in [-0.05, 0) is 12.5 Å². The van der Waals surface area contributed by atoms with E-state index in [0.717, 1.165) is 47.4 Å². The first kappa shape index (κ1) is 16.6. The molecule has 1 saturated heterocycles. The number of ether oxygens (including phenoxy) is 1. The van der Waals surface area contributed by atoms with Gasteiger partial charge in [0, 0.05) is 37.8 Å². The molecule has 1 atom stereocenters. The number of nitrogens with one attached hydrogen (secondary N) is 2. The number of anilines is 2. The van der Waals surface area contributed by atoms with Gasteiger partial charge in [0.15, 0.2) is 5.75 Å². The van der Waals surface area contributed by atoms with E-state index in [-0.39, 0.29) is 12.1 Å². The molecule has 5 heterocycles. The van der Waals surface area contributed by atoms with Gasteiger partial charge in [-0.3, -0.25) is 0 Å². The van der Waals surface area contributed by atoms with Crippen LogP contribution in [0.2, 0.25) is 0 Å². The highest BCUT2D eigenvalue weighted by Gasteiger charge is 2.26. The second kappa shape index (κ2) is 6.57. The molecule has 4 N–H and O–H groups in total. The Bertz CT molecular complexity index is 1140. The number of pyridine rings is 1. The van der Waals surface area contributed by atoms with Crippen molar-refractivity contribution < 1.29 is 4.74 Å². The average Bonchev–Trinajstić information content (AvgIpc) is 3.31. The Labute approximate surface area is 160 Å². The third-order valence-corrected chi connectivity index (χ3v) is 4.84. The third kappa shape index (κ3) is 2.74. The lowest BCUT2D eigenvalue weighted by Crippen LogP contribution is -2.27. The number of aromatic nitrogens is 6. The lowest BCUT2D eigenvalue weighted by molar-refractivity contribution is 0.439. The van der Waals surface area contributed by atoms with Gasteiger partial charge in [0.2, 0.25) is 0 Å². The van der Waals surface area contributed by atoms with Crippen LogP contribution in [0, 0.1) is 0 Å². The van der Waals surface area contributed by atoms with E-state index in [0.29, 0.717) is 11.4 Å². The molecule has 28 heavy (non-hydrogen) atoms. The number of nitrogens with zero attached hydrogens (tertiary/aromatic N) is 6. The van der Waals surface area contributed by atoms with Crippen molar-refractivity contribution in [2.24, 2.45) is 5.73 Å². The Hall–Kier alpha value is -3.53. The molecule has 142 valence electrons. The molecule has 10 nitrogen and oxygen atoms in total. The molecule has 0 bridgehead atoms. The van der Waals surface area contributed by atoms with Gasteiger partial charge in [-0.25, -0.2) is 15.0 Å². The van der Waals surface area contributed by atoms with Crippen LogP contribution in [0.25, 0.3) is 21.9 Å². The fourth-order valence-electron chi connectivity index (χ4n) is 3.57. The fraction of sp³-hybridized carbons (Fsp3) is 0.278. The Morgan fingerprint density at radius 1 is 1.29 bits per heavy atom. The zero-order valence-corrected chi connectivity index (χ0v) is 15.3. The summed E-state index contributed by atoms with van der Waals surface area (Å²) in [4.78, 5) is 27.1. The maximum Gasteiger partial charge on any atom is 0.326 e. The minimum absolute atomic E-state index is 0.122. The average molecular weight is 377 g/mol. The van der Waals surface area contributed by atoms with Crippen LogP contribution in [-0.2, 0) is 0 Å². The second-order valence-corrected chi connectivity index (χ2v) is 6.68. The van der Waals surface area contributed by atoms with E-state index < -0.39 is 0 Å². The minimum atomic E-state index is 0.122. The van der Waals surface area contributed by atoms with E-state index in [1.165, 1.54) is 6.33 Å². The number of hydrogen-bond acceptors (Lipinski definition) is 9. The van der Waals surface area contributed by atoms with Crippen molar-refractivity contribution >= 4 is 33.6 Å². The van der Waals surface area contributed by atoms with E-state index in [1.807, 2.05) is 13.1 Å². The van der Waals surface area contributed by atoms with Crippen molar-refractivity contribution in [3.8, 4) is 11.8 Å². The second-order valence-electron chi connectivity index (χ2n) is 6.68. The SMILES string of the molecule is CNc1nccc2c1[nH]c1nc(Oc3cncnc3)nc(N3CC[C@@H](N)C3)c12. The number of hydrogen-bond donors (Lipinski definition) is 3. The highest BCUT2D eigenvalue weighted by Crippen LogP contribution is 2.36. The lowest BCUT2D eigenvalue weighted by atomic mass is 10.2. The van der Waals surface area contributed by atoms with Gasteiger partial charge in [-0.15, -0.1) is 0 Å². The van der Waals surface area contributed by atoms with E-state index >= 15 is 0 Å². The van der Waals surface area contributed by atoms with Crippen LogP contribution >= 0.6 is 0 Å². The number of aromatic amines is 1. The molecule has 1 fully saturated rings. The standard InChI is InChI=1S/C18H19N9O/c1-20-16-14-12(2-4-23-16)13-15(24-14)25-18(28-11-6-21-9-22-7-11)26-17(13)27-5-3-10(19)8-27/h2,4,6-7,9-10H,3,5,8,19H2,1H3,(H,20,23)(H,24,25,26)/t10-/m1/s1. The molecule has 0 aromatic carbocycles. The normalized spacial score (nSPS) is 16.8. The van der Waals surface area contributed by atoms with Gasteiger partial charge in [-0.1, -0.05) is 0 Å². The molecule has 5 rings (SSSR count). The van der Waals surface area contributed by atoms with Gasteiger partial charge in [-0.2, -0.15) is 9.97 Å². The smallest absolute Gasteiger partial charge is 0.326 e. The number of fused-ring (bicyclic) bond motifs is 3. The molecular formula is C18H19N9O. The number of nitrogens with two attached hydrogens (primary N) is 1. The van der Waals surface area contributed by atoms with Gasteiger partial charge < -0.3 is 25.7 Å². The summed E-state index contributed by atoms with van der Waals surface area (Å²) in [6, 6.07) is 2.31. The van der Waals surface area contributed by atoms with Gasteiger partial charge in [0.05, 0.1) is 23.3 Å². The van der Waals surface area contributed by atoms with Crippen LogP contribution in [0.15, 0.2) is 31.0 Å². The molecule has 0 spiro atoms. The van der Waals surface area contributed by atoms with Crippen molar-refractivity contribution in [2.75, 3.05) is 30.4 Å². The quantitative estimate of drug-likeness (QED) is 0.486. The molecule has 1 aliphatic heterocycles. The summed E-state index contributed by atoms with van der Waals surface area (Å²) >= 11 is 0.